The second-order valence-electron chi connectivity index (χ2n) is 3.60. The van der Waals surface area contributed by atoms with Crippen molar-refractivity contribution in [1.29, 1.82) is 0 Å². The van der Waals surface area contributed by atoms with Crippen molar-refractivity contribution in [3.63, 3.8) is 0 Å². The predicted molar refractivity (Wildman–Crippen MR) is 56.6 cm³/mol. The molecular formula is C11H15F2NO2. The van der Waals surface area contributed by atoms with Crippen LogP contribution in [0.2, 0.25) is 0 Å². The lowest BCUT2D eigenvalue weighted by Gasteiger charge is -2.17. The van der Waals surface area contributed by atoms with E-state index in [1.807, 2.05) is 0 Å². The smallest absolute Gasteiger partial charge is 0.274 e. The highest BCUT2D eigenvalue weighted by atomic mass is 19.3. The maximum atomic E-state index is 13.3. The zero-order chi connectivity index (χ0) is 12.3. The van der Waals surface area contributed by atoms with E-state index in [9.17, 15) is 13.9 Å². The number of aliphatic hydroxyl groups is 1. The van der Waals surface area contributed by atoms with E-state index >= 15 is 0 Å². The number of ether oxygens (including phenoxy) is 1. The highest BCUT2D eigenvalue weighted by Crippen LogP contribution is 2.35. The molecule has 0 saturated heterocycles. The number of rotatable bonds is 4. The van der Waals surface area contributed by atoms with Gasteiger partial charge >= 0.3 is 0 Å². The molecular weight excluding hydrogens is 216 g/mol. The van der Waals surface area contributed by atoms with Gasteiger partial charge in [0.15, 0.2) is 0 Å². The van der Waals surface area contributed by atoms with Gasteiger partial charge in [0.1, 0.15) is 5.75 Å². The molecule has 0 bridgehead atoms. The third kappa shape index (κ3) is 2.68. The van der Waals surface area contributed by atoms with E-state index in [2.05, 4.69) is 0 Å². The zero-order valence-corrected chi connectivity index (χ0v) is 9.21. The summed E-state index contributed by atoms with van der Waals surface area (Å²) < 4.78 is 31.4. The van der Waals surface area contributed by atoms with Gasteiger partial charge in [-0.15, -0.1) is 0 Å². The number of hydrogen-bond acceptors (Lipinski definition) is 3. The van der Waals surface area contributed by atoms with Crippen molar-refractivity contribution >= 4 is 0 Å². The molecule has 0 fully saturated rings. The monoisotopic (exact) mass is 231 g/mol. The summed E-state index contributed by atoms with van der Waals surface area (Å²) >= 11 is 0. The number of benzene rings is 1. The number of nitrogens with two attached hydrogens (primary N) is 1. The first kappa shape index (κ1) is 12.9. The molecule has 0 aliphatic carbocycles. The van der Waals surface area contributed by atoms with Gasteiger partial charge in [0.05, 0.1) is 18.8 Å². The molecule has 16 heavy (non-hydrogen) atoms. The Kier molecular flexibility index (Phi) is 3.83. The molecule has 1 aromatic rings. The summed E-state index contributed by atoms with van der Waals surface area (Å²) in [6.07, 6.45) is -0.938. The van der Waals surface area contributed by atoms with Crippen LogP contribution in [0, 0.1) is 0 Å². The van der Waals surface area contributed by atoms with Gasteiger partial charge in [-0.25, -0.2) is 8.78 Å². The lowest BCUT2D eigenvalue weighted by atomic mass is 10.0. The summed E-state index contributed by atoms with van der Waals surface area (Å²) in [5.74, 6) is -2.92. The van der Waals surface area contributed by atoms with Crippen LogP contribution in [0.5, 0.6) is 5.75 Å². The van der Waals surface area contributed by atoms with Gasteiger partial charge in [0.2, 0.25) is 0 Å². The molecule has 5 heteroatoms. The molecule has 0 radical (unpaired) electrons. The lowest BCUT2D eigenvalue weighted by Crippen LogP contribution is -2.14. The highest BCUT2D eigenvalue weighted by molar-refractivity contribution is 5.40. The van der Waals surface area contributed by atoms with Gasteiger partial charge in [-0.05, 0) is 17.7 Å². The molecule has 0 aliphatic rings. The quantitative estimate of drug-likeness (QED) is 0.830. The summed E-state index contributed by atoms with van der Waals surface area (Å²) in [5, 5.41) is 9.47. The number of hydrogen-bond donors (Lipinski definition) is 2. The normalized spacial score (nSPS) is 13.6. The molecule has 1 unspecified atom stereocenters. The Hall–Kier alpha value is -1.20. The molecule has 1 rings (SSSR count). The average molecular weight is 231 g/mol. The molecule has 0 heterocycles. The van der Waals surface area contributed by atoms with E-state index in [0.29, 0.717) is 5.56 Å². The molecule has 0 aromatic heterocycles. The first-order valence-electron chi connectivity index (χ1n) is 4.84. The molecule has 1 atom stereocenters. The highest BCUT2D eigenvalue weighted by Gasteiger charge is 2.29. The Morgan fingerprint density at radius 2 is 2.12 bits per heavy atom. The van der Waals surface area contributed by atoms with Crippen molar-refractivity contribution in [2.75, 3.05) is 13.7 Å². The average Bonchev–Trinajstić information content (AvgIpc) is 2.26. The van der Waals surface area contributed by atoms with Crippen molar-refractivity contribution in [2.45, 2.75) is 19.0 Å². The fourth-order valence-electron chi connectivity index (χ4n) is 1.41. The van der Waals surface area contributed by atoms with Gasteiger partial charge in [0, 0.05) is 13.5 Å². The van der Waals surface area contributed by atoms with Crippen LogP contribution < -0.4 is 10.5 Å². The minimum absolute atomic E-state index is 0.0128. The second kappa shape index (κ2) is 4.76. The van der Waals surface area contributed by atoms with E-state index in [0.717, 1.165) is 6.92 Å². The largest absolute Gasteiger partial charge is 0.496 e. The van der Waals surface area contributed by atoms with Crippen LogP contribution in [0.3, 0.4) is 0 Å². The summed E-state index contributed by atoms with van der Waals surface area (Å²) in [5.41, 5.74) is 5.38. The zero-order valence-electron chi connectivity index (χ0n) is 9.21. The van der Waals surface area contributed by atoms with Crippen molar-refractivity contribution in [1.82, 2.24) is 0 Å². The fourth-order valence-corrected chi connectivity index (χ4v) is 1.41. The maximum absolute atomic E-state index is 13.3. The van der Waals surface area contributed by atoms with Crippen LogP contribution in [-0.4, -0.2) is 18.8 Å². The number of alkyl halides is 2. The number of halogens is 2. The molecule has 0 aliphatic heterocycles. The standard InChI is InChI=1S/C11H15F2NO2/c1-11(12,13)8-5-7(9(15)6-14)3-4-10(8)16-2/h3-5,9,15H,6,14H2,1-2H3. The van der Waals surface area contributed by atoms with Gasteiger partial charge in [-0.3, -0.25) is 0 Å². The van der Waals surface area contributed by atoms with Crippen molar-refractivity contribution < 1.29 is 18.6 Å². The molecule has 3 nitrogen and oxygen atoms in total. The van der Waals surface area contributed by atoms with E-state index < -0.39 is 12.0 Å². The van der Waals surface area contributed by atoms with Gasteiger partial charge < -0.3 is 15.6 Å². The first-order chi connectivity index (χ1) is 7.40. The maximum Gasteiger partial charge on any atom is 0.274 e. The molecule has 0 spiro atoms. The van der Waals surface area contributed by atoms with Crippen LogP contribution in [0.1, 0.15) is 24.2 Å². The predicted octanol–water partition coefficient (Wildman–Crippen LogP) is 1.80. The Bertz CT molecular complexity index is 363. The molecule has 90 valence electrons. The minimum Gasteiger partial charge on any atom is -0.496 e. The summed E-state index contributed by atoms with van der Waals surface area (Å²) in [6.45, 7) is 0.768. The van der Waals surface area contributed by atoms with Crippen LogP contribution >= 0.6 is 0 Å². The van der Waals surface area contributed by atoms with Crippen LogP contribution in [0.25, 0.3) is 0 Å². The van der Waals surface area contributed by atoms with E-state index in [1.165, 1.54) is 25.3 Å². The first-order valence-corrected chi connectivity index (χ1v) is 4.84. The van der Waals surface area contributed by atoms with Crippen LogP contribution in [0.15, 0.2) is 18.2 Å². The van der Waals surface area contributed by atoms with E-state index in [1.54, 1.807) is 0 Å². The summed E-state index contributed by atoms with van der Waals surface area (Å²) in [4.78, 5) is 0. The number of aliphatic hydroxyl groups excluding tert-OH is 1. The summed E-state index contributed by atoms with van der Waals surface area (Å²) in [6, 6.07) is 4.14. The molecule has 3 N–H and O–H groups in total. The molecule has 1 aromatic carbocycles. The third-order valence-corrected chi connectivity index (χ3v) is 2.30. The van der Waals surface area contributed by atoms with Gasteiger partial charge in [0.25, 0.3) is 5.92 Å². The fraction of sp³-hybridized carbons (Fsp3) is 0.455. The second-order valence-corrected chi connectivity index (χ2v) is 3.60. The third-order valence-electron chi connectivity index (χ3n) is 2.30. The van der Waals surface area contributed by atoms with E-state index in [4.69, 9.17) is 10.5 Å². The van der Waals surface area contributed by atoms with Crippen molar-refractivity contribution in [3.8, 4) is 5.75 Å². The summed E-state index contributed by atoms with van der Waals surface area (Å²) in [7, 11) is 1.32. The van der Waals surface area contributed by atoms with E-state index in [-0.39, 0.29) is 17.9 Å². The Balaban J connectivity index is 3.22. The Labute approximate surface area is 92.8 Å². The Morgan fingerprint density at radius 1 is 1.50 bits per heavy atom. The Morgan fingerprint density at radius 3 is 2.56 bits per heavy atom. The topological polar surface area (TPSA) is 55.5 Å². The SMILES string of the molecule is COc1ccc(C(O)CN)cc1C(C)(F)F. The minimum atomic E-state index is -3.02. The van der Waals surface area contributed by atoms with Crippen molar-refractivity contribution in [2.24, 2.45) is 5.73 Å². The lowest BCUT2D eigenvalue weighted by molar-refractivity contribution is 0.0148. The molecule has 0 amide bonds. The number of methoxy groups -OCH3 is 1. The van der Waals surface area contributed by atoms with Crippen LogP contribution in [0.4, 0.5) is 8.78 Å². The van der Waals surface area contributed by atoms with Gasteiger partial charge in [-0.1, -0.05) is 6.07 Å². The van der Waals surface area contributed by atoms with Gasteiger partial charge in [-0.2, -0.15) is 0 Å². The van der Waals surface area contributed by atoms with Crippen molar-refractivity contribution in [3.05, 3.63) is 29.3 Å². The van der Waals surface area contributed by atoms with Crippen LogP contribution in [-0.2, 0) is 5.92 Å². The molecule has 0 saturated carbocycles.